The zero-order valence-electron chi connectivity index (χ0n) is 13.6. The van der Waals surface area contributed by atoms with Gasteiger partial charge in [0.2, 0.25) is 0 Å². The van der Waals surface area contributed by atoms with Crippen molar-refractivity contribution in [3.05, 3.63) is 41.5 Å². The van der Waals surface area contributed by atoms with Crippen LogP contribution in [0.4, 0.5) is 0 Å². The molecular weight excluding hydrogens is 252 g/mol. The molecule has 0 aromatic heterocycles. The highest BCUT2D eigenvalue weighted by Gasteiger charge is 2.21. The van der Waals surface area contributed by atoms with Gasteiger partial charge in [0.25, 0.3) is 0 Å². The molecule has 0 nitrogen and oxygen atoms in total. The van der Waals surface area contributed by atoms with E-state index in [1.54, 1.807) is 5.57 Å². The second-order valence-corrected chi connectivity index (χ2v) is 7.22. The lowest BCUT2D eigenvalue weighted by molar-refractivity contribution is 0.408. The highest BCUT2D eigenvalue weighted by Crippen LogP contribution is 2.38. The molecule has 21 heavy (non-hydrogen) atoms. The molecule has 1 aromatic carbocycles. The van der Waals surface area contributed by atoms with Gasteiger partial charge in [-0.2, -0.15) is 0 Å². The molecule has 0 heterocycles. The Balaban J connectivity index is 1.85. The van der Waals surface area contributed by atoms with Crippen LogP contribution in [0, 0.1) is 18.8 Å². The van der Waals surface area contributed by atoms with E-state index in [4.69, 9.17) is 0 Å². The topological polar surface area (TPSA) is 0 Å². The molecule has 0 saturated heterocycles. The van der Waals surface area contributed by atoms with Gasteiger partial charge in [0.05, 0.1) is 0 Å². The lowest BCUT2D eigenvalue weighted by Gasteiger charge is -2.27. The molecule has 114 valence electrons. The van der Waals surface area contributed by atoms with E-state index in [9.17, 15) is 0 Å². The Labute approximate surface area is 130 Å². The van der Waals surface area contributed by atoms with Crippen LogP contribution in [0.2, 0.25) is 0 Å². The SMILES string of the molecule is Cc1ccc(C(=CC2CCCCC2)C2CCCCC2)cc1. The van der Waals surface area contributed by atoms with Crippen LogP contribution >= 0.6 is 0 Å². The van der Waals surface area contributed by atoms with Gasteiger partial charge in [0, 0.05) is 0 Å². The second kappa shape index (κ2) is 7.29. The molecule has 0 aliphatic heterocycles. The Morgan fingerprint density at radius 2 is 1.38 bits per heavy atom. The Kier molecular flexibility index (Phi) is 5.17. The molecule has 2 aliphatic rings. The number of rotatable bonds is 3. The average molecular weight is 282 g/mol. The maximum absolute atomic E-state index is 2.68. The molecule has 1 aromatic rings. The second-order valence-electron chi connectivity index (χ2n) is 7.22. The predicted molar refractivity (Wildman–Crippen MR) is 92.3 cm³/mol. The molecule has 0 radical (unpaired) electrons. The van der Waals surface area contributed by atoms with Crippen LogP contribution in [0.25, 0.3) is 5.57 Å². The van der Waals surface area contributed by atoms with E-state index >= 15 is 0 Å². The molecule has 2 aliphatic carbocycles. The van der Waals surface area contributed by atoms with E-state index in [0.717, 1.165) is 11.8 Å². The quantitative estimate of drug-likeness (QED) is 0.590. The van der Waals surface area contributed by atoms with E-state index < -0.39 is 0 Å². The van der Waals surface area contributed by atoms with Crippen molar-refractivity contribution in [1.82, 2.24) is 0 Å². The highest BCUT2D eigenvalue weighted by molar-refractivity contribution is 5.68. The molecule has 2 fully saturated rings. The van der Waals surface area contributed by atoms with Gasteiger partial charge < -0.3 is 0 Å². The predicted octanol–water partition coefficient (Wildman–Crippen LogP) is 6.54. The van der Waals surface area contributed by atoms with Gasteiger partial charge >= 0.3 is 0 Å². The van der Waals surface area contributed by atoms with Crippen molar-refractivity contribution in [2.24, 2.45) is 11.8 Å². The van der Waals surface area contributed by atoms with Crippen molar-refractivity contribution in [2.45, 2.75) is 71.1 Å². The van der Waals surface area contributed by atoms with E-state index in [1.165, 1.54) is 75.3 Å². The number of allylic oxidation sites excluding steroid dienone is 2. The average Bonchev–Trinajstić information content (AvgIpc) is 2.55. The Bertz CT molecular complexity index is 453. The van der Waals surface area contributed by atoms with Crippen LogP contribution < -0.4 is 0 Å². The van der Waals surface area contributed by atoms with Crippen molar-refractivity contribution in [1.29, 1.82) is 0 Å². The third kappa shape index (κ3) is 3.99. The van der Waals surface area contributed by atoms with E-state index in [-0.39, 0.29) is 0 Å². The van der Waals surface area contributed by atoms with E-state index in [2.05, 4.69) is 37.3 Å². The lowest BCUT2D eigenvalue weighted by atomic mass is 9.78. The van der Waals surface area contributed by atoms with Crippen molar-refractivity contribution < 1.29 is 0 Å². The Hall–Kier alpha value is -1.04. The lowest BCUT2D eigenvalue weighted by Crippen LogP contribution is -2.11. The maximum Gasteiger partial charge on any atom is -0.0159 e. The van der Waals surface area contributed by atoms with Gasteiger partial charge in [-0.1, -0.05) is 74.4 Å². The van der Waals surface area contributed by atoms with Crippen LogP contribution in [0.1, 0.15) is 75.3 Å². The maximum atomic E-state index is 2.68. The highest BCUT2D eigenvalue weighted by atomic mass is 14.3. The summed E-state index contributed by atoms with van der Waals surface area (Å²) in [5, 5.41) is 0. The molecule has 0 atom stereocenters. The first-order valence-electron chi connectivity index (χ1n) is 9.12. The van der Waals surface area contributed by atoms with Crippen LogP contribution in [-0.4, -0.2) is 0 Å². The van der Waals surface area contributed by atoms with Crippen molar-refractivity contribution in [3.8, 4) is 0 Å². The van der Waals surface area contributed by atoms with Crippen LogP contribution in [0.3, 0.4) is 0 Å². The minimum absolute atomic E-state index is 0.823. The summed E-state index contributed by atoms with van der Waals surface area (Å²) in [6, 6.07) is 9.29. The molecule has 2 saturated carbocycles. The summed E-state index contributed by atoms with van der Waals surface area (Å²) in [5.74, 6) is 1.67. The van der Waals surface area contributed by atoms with Gasteiger partial charge in [-0.15, -0.1) is 0 Å². The van der Waals surface area contributed by atoms with Crippen LogP contribution in [0.15, 0.2) is 30.3 Å². The van der Waals surface area contributed by atoms with E-state index in [0.29, 0.717) is 0 Å². The summed E-state index contributed by atoms with van der Waals surface area (Å²) in [6.07, 6.45) is 17.0. The molecule has 0 N–H and O–H groups in total. The molecule has 3 rings (SSSR count). The molecular formula is C21H30. The Morgan fingerprint density at radius 1 is 0.810 bits per heavy atom. The first-order chi connectivity index (χ1) is 10.3. The number of hydrogen-bond acceptors (Lipinski definition) is 0. The minimum atomic E-state index is 0.823. The third-order valence-electron chi connectivity index (χ3n) is 5.49. The monoisotopic (exact) mass is 282 g/mol. The molecule has 0 bridgehead atoms. The number of aryl methyl sites for hydroxylation is 1. The minimum Gasteiger partial charge on any atom is -0.0773 e. The van der Waals surface area contributed by atoms with Crippen molar-refractivity contribution in [2.75, 3.05) is 0 Å². The van der Waals surface area contributed by atoms with Crippen molar-refractivity contribution in [3.63, 3.8) is 0 Å². The summed E-state index contributed by atoms with van der Waals surface area (Å²) >= 11 is 0. The van der Waals surface area contributed by atoms with Crippen molar-refractivity contribution >= 4 is 5.57 Å². The molecule has 0 amide bonds. The fourth-order valence-corrected chi connectivity index (χ4v) is 4.18. The molecule has 0 unspecified atom stereocenters. The first-order valence-corrected chi connectivity index (χ1v) is 9.12. The third-order valence-corrected chi connectivity index (χ3v) is 5.49. The molecule has 0 spiro atoms. The van der Waals surface area contributed by atoms with Crippen LogP contribution in [-0.2, 0) is 0 Å². The molecule has 0 heteroatoms. The fourth-order valence-electron chi connectivity index (χ4n) is 4.18. The summed E-state index contributed by atoms with van der Waals surface area (Å²) in [4.78, 5) is 0. The summed E-state index contributed by atoms with van der Waals surface area (Å²) in [7, 11) is 0. The standard InChI is InChI=1S/C21H30/c1-17-12-14-20(15-13-17)21(19-10-6-3-7-11-19)16-18-8-4-2-5-9-18/h12-16,18-19H,2-11H2,1H3. The summed E-state index contributed by atoms with van der Waals surface area (Å²) < 4.78 is 0. The summed E-state index contributed by atoms with van der Waals surface area (Å²) in [6.45, 7) is 2.19. The van der Waals surface area contributed by atoms with Crippen LogP contribution in [0.5, 0.6) is 0 Å². The van der Waals surface area contributed by atoms with Gasteiger partial charge in [0.15, 0.2) is 0 Å². The van der Waals surface area contributed by atoms with Gasteiger partial charge in [-0.25, -0.2) is 0 Å². The largest absolute Gasteiger partial charge is 0.0773 e. The zero-order valence-corrected chi connectivity index (χ0v) is 13.6. The van der Waals surface area contributed by atoms with E-state index in [1.807, 2.05) is 0 Å². The zero-order chi connectivity index (χ0) is 14.5. The number of benzene rings is 1. The smallest absolute Gasteiger partial charge is 0.0159 e. The summed E-state index contributed by atoms with van der Waals surface area (Å²) in [5.41, 5.74) is 4.55. The van der Waals surface area contributed by atoms with Gasteiger partial charge in [-0.05, 0) is 55.6 Å². The van der Waals surface area contributed by atoms with Gasteiger partial charge in [-0.3, -0.25) is 0 Å². The first kappa shape index (κ1) is 14.9. The fraction of sp³-hybridized carbons (Fsp3) is 0.619. The van der Waals surface area contributed by atoms with Gasteiger partial charge in [0.1, 0.15) is 0 Å². The Morgan fingerprint density at radius 3 is 2.00 bits per heavy atom. The number of hydrogen-bond donors (Lipinski definition) is 0. The normalized spacial score (nSPS) is 22.4.